The normalized spacial score (nSPS) is 13.5. The molecule has 0 saturated carbocycles. The van der Waals surface area contributed by atoms with Gasteiger partial charge >= 0.3 is 6.03 Å². The molecule has 0 fully saturated rings. The van der Waals surface area contributed by atoms with Crippen LogP contribution in [0, 0.1) is 6.92 Å². The summed E-state index contributed by atoms with van der Waals surface area (Å²) in [5, 5.41) is 5.27. The lowest BCUT2D eigenvalue weighted by atomic mass is 10.2. The van der Waals surface area contributed by atoms with Crippen molar-refractivity contribution in [3.8, 4) is 0 Å². The summed E-state index contributed by atoms with van der Waals surface area (Å²) in [6.45, 7) is 2.37. The third-order valence-corrected chi connectivity index (χ3v) is 1.71. The number of fused-ring (bicyclic) bond motifs is 1. The van der Waals surface area contributed by atoms with Crippen LogP contribution in [0.15, 0.2) is 6.20 Å². The lowest BCUT2D eigenvalue weighted by molar-refractivity contribution is -0.393. The molecular formula is C7H9ClN4O. The van der Waals surface area contributed by atoms with Gasteiger partial charge in [0.25, 0.3) is 11.6 Å². The molecule has 0 saturated heterocycles. The number of nitrogens with one attached hydrogen (secondary N) is 3. The molecule has 2 heterocycles. The van der Waals surface area contributed by atoms with Crippen LogP contribution in [0.1, 0.15) is 11.4 Å². The number of rotatable bonds is 0. The highest BCUT2D eigenvalue weighted by molar-refractivity contribution is 5.90. The zero-order valence-corrected chi connectivity index (χ0v) is 7.77. The van der Waals surface area contributed by atoms with E-state index < -0.39 is 0 Å². The van der Waals surface area contributed by atoms with Crippen LogP contribution in [0.2, 0.25) is 0 Å². The van der Waals surface area contributed by atoms with Crippen LogP contribution in [0.4, 0.5) is 10.6 Å². The van der Waals surface area contributed by atoms with Gasteiger partial charge in [-0.3, -0.25) is 5.32 Å². The predicted molar refractivity (Wildman–Crippen MR) is 41.4 cm³/mol. The van der Waals surface area contributed by atoms with Crippen molar-refractivity contribution in [2.45, 2.75) is 13.5 Å². The van der Waals surface area contributed by atoms with Gasteiger partial charge in [0.2, 0.25) is 0 Å². The minimum atomic E-state index is -0.194. The first-order valence-electron chi connectivity index (χ1n) is 3.69. The molecular weight excluding hydrogens is 192 g/mol. The summed E-state index contributed by atoms with van der Waals surface area (Å²) in [6.07, 6.45) is 1.84. The Morgan fingerprint density at radius 2 is 2.38 bits per heavy atom. The van der Waals surface area contributed by atoms with Crippen LogP contribution >= 0.6 is 0 Å². The van der Waals surface area contributed by atoms with E-state index in [1.165, 1.54) is 0 Å². The molecule has 2 rings (SSSR count). The molecule has 3 N–H and O–H groups in total. The molecule has 5 nitrogen and oxygen atoms in total. The Labute approximate surface area is 81.4 Å². The van der Waals surface area contributed by atoms with Crippen molar-refractivity contribution in [2.24, 2.45) is 0 Å². The van der Waals surface area contributed by atoms with E-state index in [4.69, 9.17) is 0 Å². The fraction of sp³-hybridized carbons (Fsp3) is 0.286. The number of hydrogen-bond acceptors (Lipinski definition) is 2. The van der Waals surface area contributed by atoms with E-state index in [9.17, 15) is 4.79 Å². The summed E-state index contributed by atoms with van der Waals surface area (Å²) in [6, 6.07) is -0.194. The van der Waals surface area contributed by atoms with Gasteiger partial charge in [-0.25, -0.2) is 9.78 Å². The third-order valence-electron chi connectivity index (χ3n) is 1.71. The summed E-state index contributed by atoms with van der Waals surface area (Å²) in [5.41, 5.74) is 0.972. The summed E-state index contributed by atoms with van der Waals surface area (Å²) in [7, 11) is 0. The highest BCUT2D eigenvalue weighted by atomic mass is 35.5. The van der Waals surface area contributed by atoms with Gasteiger partial charge in [0.05, 0.1) is 18.3 Å². The van der Waals surface area contributed by atoms with Gasteiger partial charge in [-0.1, -0.05) is 0 Å². The minimum Gasteiger partial charge on any atom is -1.00 e. The van der Waals surface area contributed by atoms with Gasteiger partial charge in [-0.15, -0.1) is 0 Å². The van der Waals surface area contributed by atoms with Gasteiger partial charge in [0.15, 0.2) is 0 Å². The predicted octanol–water partition coefficient (Wildman–Crippen LogP) is -3.16. The fourth-order valence-electron chi connectivity index (χ4n) is 1.10. The Morgan fingerprint density at radius 1 is 1.62 bits per heavy atom. The van der Waals surface area contributed by atoms with Gasteiger partial charge in [0.1, 0.15) is 0 Å². The van der Waals surface area contributed by atoms with Crippen LogP contribution in [-0.4, -0.2) is 11.0 Å². The average molecular weight is 201 g/mol. The maximum atomic E-state index is 10.9. The maximum absolute atomic E-state index is 10.9. The number of halogens is 1. The SMILES string of the molecule is Cc1nc2c(c[nH+]1)CNC(=O)N2.[Cl-]. The summed E-state index contributed by atoms with van der Waals surface area (Å²) in [4.78, 5) is 18.0. The molecule has 2 amide bonds. The minimum absolute atomic E-state index is 0. The first kappa shape index (κ1) is 9.73. The van der Waals surface area contributed by atoms with E-state index in [1.807, 2.05) is 13.1 Å². The molecule has 0 aliphatic carbocycles. The molecule has 6 heteroatoms. The van der Waals surface area contributed by atoms with E-state index in [-0.39, 0.29) is 18.4 Å². The summed E-state index contributed by atoms with van der Waals surface area (Å²) < 4.78 is 0. The molecule has 70 valence electrons. The van der Waals surface area contributed by atoms with Crippen LogP contribution < -0.4 is 28.0 Å². The number of carbonyl (C=O) groups is 1. The molecule has 0 unspecified atom stereocenters. The second kappa shape index (κ2) is 3.57. The number of amides is 2. The lowest BCUT2D eigenvalue weighted by Crippen LogP contribution is -3.00. The largest absolute Gasteiger partial charge is 1.00 e. The number of urea groups is 1. The van der Waals surface area contributed by atoms with E-state index in [0.29, 0.717) is 12.4 Å². The zero-order valence-electron chi connectivity index (χ0n) is 7.02. The molecule has 0 aromatic carbocycles. The Bertz CT molecular complexity index is 341. The van der Waals surface area contributed by atoms with Crippen LogP contribution in [0.25, 0.3) is 0 Å². The Hall–Kier alpha value is -1.36. The number of carbonyl (C=O) groups excluding carboxylic acids is 1. The average Bonchev–Trinajstić information content (AvgIpc) is 2.03. The van der Waals surface area contributed by atoms with Crippen molar-refractivity contribution in [1.29, 1.82) is 0 Å². The van der Waals surface area contributed by atoms with Crippen LogP contribution in [0.3, 0.4) is 0 Å². The smallest absolute Gasteiger partial charge is 0.322 e. The Kier molecular flexibility index (Phi) is 2.67. The van der Waals surface area contributed by atoms with E-state index >= 15 is 0 Å². The monoisotopic (exact) mass is 200 g/mol. The number of H-pyrrole nitrogens is 1. The second-order valence-electron chi connectivity index (χ2n) is 2.67. The molecule has 1 aliphatic rings. The zero-order chi connectivity index (χ0) is 8.55. The standard InChI is InChI=1S/C7H8N4O.ClH/c1-4-8-2-5-3-9-7(12)11-6(5)10-4;/h2H,3H2,1H3,(H2,8,9,10,11,12);1H. The summed E-state index contributed by atoms with van der Waals surface area (Å²) in [5.74, 6) is 1.44. The van der Waals surface area contributed by atoms with Crippen molar-refractivity contribution in [2.75, 3.05) is 5.32 Å². The lowest BCUT2D eigenvalue weighted by Gasteiger charge is -2.12. The van der Waals surface area contributed by atoms with Crippen molar-refractivity contribution in [3.63, 3.8) is 0 Å². The molecule has 1 aromatic heterocycles. The van der Waals surface area contributed by atoms with Gasteiger partial charge in [-0.05, 0) is 4.98 Å². The summed E-state index contributed by atoms with van der Waals surface area (Å²) >= 11 is 0. The molecule has 1 aromatic rings. The first-order valence-corrected chi connectivity index (χ1v) is 3.69. The number of anilines is 1. The van der Waals surface area contributed by atoms with Crippen LogP contribution in [0.5, 0.6) is 0 Å². The molecule has 0 radical (unpaired) electrons. The molecule has 13 heavy (non-hydrogen) atoms. The van der Waals surface area contributed by atoms with Gasteiger partial charge in [0, 0.05) is 6.92 Å². The number of hydrogen-bond donors (Lipinski definition) is 2. The van der Waals surface area contributed by atoms with Gasteiger partial charge < -0.3 is 17.7 Å². The number of aromatic amines is 1. The second-order valence-corrected chi connectivity index (χ2v) is 2.67. The third kappa shape index (κ3) is 1.86. The maximum Gasteiger partial charge on any atom is 0.322 e. The number of aryl methyl sites for hydroxylation is 1. The van der Waals surface area contributed by atoms with Crippen molar-refractivity contribution >= 4 is 11.8 Å². The fourth-order valence-corrected chi connectivity index (χ4v) is 1.10. The topological polar surface area (TPSA) is 68.2 Å². The van der Waals surface area contributed by atoms with E-state index in [1.54, 1.807) is 0 Å². The van der Waals surface area contributed by atoms with Crippen LogP contribution in [-0.2, 0) is 6.54 Å². The van der Waals surface area contributed by atoms with Crippen molar-refractivity contribution in [1.82, 2.24) is 10.3 Å². The number of nitrogens with zero attached hydrogens (tertiary/aromatic N) is 1. The molecule has 0 atom stereocenters. The number of aromatic nitrogens is 2. The molecule has 0 bridgehead atoms. The van der Waals surface area contributed by atoms with E-state index in [0.717, 1.165) is 11.4 Å². The first-order chi connectivity index (χ1) is 5.75. The molecule has 1 aliphatic heterocycles. The Balaban J connectivity index is 0.000000845. The molecule has 0 spiro atoms. The van der Waals surface area contributed by atoms with Gasteiger partial charge in [-0.2, -0.15) is 0 Å². The quantitative estimate of drug-likeness (QED) is 0.465. The Morgan fingerprint density at radius 3 is 3.15 bits per heavy atom. The highest BCUT2D eigenvalue weighted by Crippen LogP contribution is 2.12. The van der Waals surface area contributed by atoms with E-state index in [2.05, 4.69) is 20.6 Å². The van der Waals surface area contributed by atoms with Crippen molar-refractivity contribution in [3.05, 3.63) is 17.6 Å². The van der Waals surface area contributed by atoms with Crippen molar-refractivity contribution < 1.29 is 22.2 Å². The highest BCUT2D eigenvalue weighted by Gasteiger charge is 2.19.